The first-order chi connectivity index (χ1) is 11.4. The maximum Gasteiger partial charge on any atom is 0.324 e. The van der Waals surface area contributed by atoms with Crippen LogP contribution in [0.5, 0.6) is 0 Å². The van der Waals surface area contributed by atoms with Gasteiger partial charge in [0, 0.05) is 38.7 Å². The van der Waals surface area contributed by atoms with E-state index in [-0.39, 0.29) is 22.7 Å². The predicted octanol–water partition coefficient (Wildman–Crippen LogP) is 2.77. The number of hydrogen-bond donors (Lipinski definition) is 0. The molecule has 0 spiro atoms. The molecular formula is C16H23N3O4S. The van der Waals surface area contributed by atoms with Gasteiger partial charge in [-0.3, -0.25) is 19.7 Å². The Morgan fingerprint density at radius 1 is 1.38 bits per heavy atom. The second-order valence-electron chi connectivity index (χ2n) is 6.07. The Kier molecular flexibility index (Phi) is 6.30. The summed E-state index contributed by atoms with van der Waals surface area (Å²) in [6, 6.07) is 2.86. The van der Waals surface area contributed by atoms with Gasteiger partial charge in [-0.15, -0.1) is 0 Å². The van der Waals surface area contributed by atoms with Crippen molar-refractivity contribution >= 4 is 28.2 Å². The van der Waals surface area contributed by atoms with E-state index in [9.17, 15) is 19.7 Å². The van der Waals surface area contributed by atoms with Crippen LogP contribution in [0.3, 0.4) is 0 Å². The second kappa shape index (κ2) is 8.23. The van der Waals surface area contributed by atoms with Gasteiger partial charge in [-0.05, 0) is 25.3 Å². The molecule has 7 nitrogen and oxygen atoms in total. The van der Waals surface area contributed by atoms with E-state index in [0.717, 1.165) is 30.7 Å². The van der Waals surface area contributed by atoms with Crippen molar-refractivity contribution in [2.75, 3.05) is 26.7 Å². The molecule has 0 aliphatic carbocycles. The smallest absolute Gasteiger partial charge is 0.324 e. The van der Waals surface area contributed by atoms with Crippen LogP contribution in [0.4, 0.5) is 5.00 Å². The van der Waals surface area contributed by atoms with Crippen molar-refractivity contribution in [3.63, 3.8) is 0 Å². The number of nitrogens with zero attached hydrogens (tertiary/aromatic N) is 3. The maximum atomic E-state index is 12.4. The zero-order valence-electron chi connectivity index (χ0n) is 14.1. The lowest BCUT2D eigenvalue weighted by Gasteiger charge is -2.33. The van der Waals surface area contributed by atoms with E-state index >= 15 is 0 Å². The average Bonchev–Trinajstić information content (AvgIpc) is 3.09. The minimum absolute atomic E-state index is 0.0269. The van der Waals surface area contributed by atoms with Crippen LogP contribution in [0.25, 0.3) is 0 Å². The molecule has 0 unspecified atom stereocenters. The van der Waals surface area contributed by atoms with E-state index in [2.05, 4.69) is 6.92 Å². The molecule has 1 aromatic rings. The number of carbonyl (C=O) groups is 2. The molecule has 0 radical (unpaired) electrons. The van der Waals surface area contributed by atoms with Crippen LogP contribution in [0.15, 0.2) is 12.1 Å². The van der Waals surface area contributed by atoms with Crippen LogP contribution < -0.4 is 0 Å². The lowest BCUT2D eigenvalue weighted by atomic mass is 9.95. The number of hydrogen-bond acceptors (Lipinski definition) is 5. The summed E-state index contributed by atoms with van der Waals surface area (Å²) >= 11 is 0.898. The van der Waals surface area contributed by atoms with Gasteiger partial charge in [0.2, 0.25) is 5.91 Å². The van der Waals surface area contributed by atoms with E-state index in [1.165, 1.54) is 12.1 Å². The van der Waals surface area contributed by atoms with Crippen molar-refractivity contribution in [2.24, 2.45) is 5.92 Å². The zero-order valence-corrected chi connectivity index (χ0v) is 14.9. The maximum absolute atomic E-state index is 12.4. The highest BCUT2D eigenvalue weighted by molar-refractivity contribution is 7.17. The molecule has 0 aromatic carbocycles. The summed E-state index contributed by atoms with van der Waals surface area (Å²) in [5.74, 6) is -0.0609. The molecule has 1 saturated heterocycles. The van der Waals surface area contributed by atoms with E-state index in [1.54, 1.807) is 9.80 Å². The zero-order chi connectivity index (χ0) is 17.7. The summed E-state index contributed by atoms with van der Waals surface area (Å²) in [5.41, 5.74) is 0. The van der Waals surface area contributed by atoms with Gasteiger partial charge in [0.1, 0.15) is 0 Å². The first kappa shape index (κ1) is 18.4. The minimum atomic E-state index is -0.488. The molecule has 1 aliphatic rings. The molecule has 132 valence electrons. The Labute approximate surface area is 145 Å². The number of unbranched alkanes of at least 4 members (excludes halogenated alkanes) is 1. The first-order valence-corrected chi connectivity index (χ1v) is 9.04. The van der Waals surface area contributed by atoms with Crippen molar-refractivity contribution < 1.29 is 14.5 Å². The molecule has 2 amide bonds. The van der Waals surface area contributed by atoms with Crippen LogP contribution in [0.1, 0.15) is 42.3 Å². The average molecular weight is 353 g/mol. The topological polar surface area (TPSA) is 83.8 Å². The molecular weight excluding hydrogens is 330 g/mol. The highest BCUT2D eigenvalue weighted by Gasteiger charge is 2.30. The minimum Gasteiger partial charge on any atom is -0.346 e. The van der Waals surface area contributed by atoms with E-state index in [4.69, 9.17) is 0 Å². The van der Waals surface area contributed by atoms with Gasteiger partial charge in [0.25, 0.3) is 5.91 Å². The fourth-order valence-corrected chi connectivity index (χ4v) is 3.63. The molecule has 0 N–H and O–H groups in total. The molecule has 1 fully saturated rings. The Balaban J connectivity index is 1.88. The van der Waals surface area contributed by atoms with Crippen molar-refractivity contribution in [3.05, 3.63) is 27.1 Å². The monoisotopic (exact) mass is 353 g/mol. The van der Waals surface area contributed by atoms with Crippen LogP contribution >= 0.6 is 11.3 Å². The third-order valence-corrected chi connectivity index (χ3v) is 5.36. The number of likely N-dealkylation sites (tertiary alicyclic amines) is 1. The standard InChI is InChI=1S/C16H23N3O4S/c1-3-4-9-17(2)15(20)12-7-10-18(11-8-12)16(21)13-5-6-14(24-13)19(22)23/h5-6,12H,3-4,7-11H2,1-2H3. The number of rotatable bonds is 6. The van der Waals surface area contributed by atoms with E-state index < -0.39 is 4.92 Å². The van der Waals surface area contributed by atoms with Gasteiger partial charge in [-0.2, -0.15) is 0 Å². The van der Waals surface area contributed by atoms with Gasteiger partial charge in [0.05, 0.1) is 9.80 Å². The molecule has 0 bridgehead atoms. The number of thiophene rings is 1. The molecule has 2 heterocycles. The molecule has 0 saturated carbocycles. The number of amides is 2. The lowest BCUT2D eigenvalue weighted by Crippen LogP contribution is -2.43. The fourth-order valence-electron chi connectivity index (χ4n) is 2.84. The number of nitro groups is 1. The first-order valence-electron chi connectivity index (χ1n) is 8.22. The lowest BCUT2D eigenvalue weighted by molar-refractivity contribution is -0.380. The third kappa shape index (κ3) is 4.31. The Morgan fingerprint density at radius 3 is 2.58 bits per heavy atom. The normalized spacial score (nSPS) is 15.3. The molecule has 1 aliphatic heterocycles. The van der Waals surface area contributed by atoms with Crippen molar-refractivity contribution in [3.8, 4) is 0 Å². The number of carbonyl (C=O) groups excluding carboxylic acids is 2. The molecule has 8 heteroatoms. The van der Waals surface area contributed by atoms with Crippen molar-refractivity contribution in [1.29, 1.82) is 0 Å². The molecule has 0 atom stereocenters. The van der Waals surface area contributed by atoms with Crippen LogP contribution in [0, 0.1) is 16.0 Å². The highest BCUT2D eigenvalue weighted by Crippen LogP contribution is 2.27. The molecule has 2 rings (SSSR count). The summed E-state index contributed by atoms with van der Waals surface area (Å²) < 4.78 is 0. The van der Waals surface area contributed by atoms with Gasteiger partial charge >= 0.3 is 5.00 Å². The molecule has 1 aromatic heterocycles. The van der Waals surface area contributed by atoms with Gasteiger partial charge in [-0.1, -0.05) is 24.7 Å². The van der Waals surface area contributed by atoms with Crippen molar-refractivity contribution in [2.45, 2.75) is 32.6 Å². The van der Waals surface area contributed by atoms with Gasteiger partial charge in [-0.25, -0.2) is 0 Å². The summed E-state index contributed by atoms with van der Waals surface area (Å²) in [4.78, 5) is 38.9. The Morgan fingerprint density at radius 2 is 2.04 bits per heavy atom. The third-order valence-electron chi connectivity index (χ3n) is 4.34. The van der Waals surface area contributed by atoms with Gasteiger partial charge in [0.15, 0.2) is 0 Å². The summed E-state index contributed by atoms with van der Waals surface area (Å²) in [6.45, 7) is 3.90. The predicted molar refractivity (Wildman–Crippen MR) is 92.1 cm³/mol. The Hall–Kier alpha value is -1.96. The van der Waals surface area contributed by atoms with E-state index in [0.29, 0.717) is 30.8 Å². The van der Waals surface area contributed by atoms with Crippen LogP contribution in [-0.4, -0.2) is 53.2 Å². The molecule has 24 heavy (non-hydrogen) atoms. The quantitative estimate of drug-likeness (QED) is 0.581. The largest absolute Gasteiger partial charge is 0.346 e. The van der Waals surface area contributed by atoms with Crippen molar-refractivity contribution in [1.82, 2.24) is 9.80 Å². The SMILES string of the molecule is CCCCN(C)C(=O)C1CCN(C(=O)c2ccc([N+](=O)[O-])s2)CC1. The summed E-state index contributed by atoms with van der Waals surface area (Å²) in [5, 5.41) is 10.7. The second-order valence-corrected chi connectivity index (χ2v) is 7.14. The Bertz CT molecular complexity index is 608. The van der Waals surface area contributed by atoms with Crippen LogP contribution in [0.2, 0.25) is 0 Å². The van der Waals surface area contributed by atoms with E-state index in [1.807, 2.05) is 7.05 Å². The highest BCUT2D eigenvalue weighted by atomic mass is 32.1. The summed E-state index contributed by atoms with van der Waals surface area (Å²) in [6.07, 6.45) is 3.34. The number of piperidine rings is 1. The van der Waals surface area contributed by atoms with Crippen LogP contribution in [-0.2, 0) is 4.79 Å². The summed E-state index contributed by atoms with van der Waals surface area (Å²) in [7, 11) is 1.83. The van der Waals surface area contributed by atoms with Gasteiger partial charge < -0.3 is 9.80 Å². The fraction of sp³-hybridized carbons (Fsp3) is 0.625.